The van der Waals surface area contributed by atoms with E-state index in [0.717, 1.165) is 42.3 Å². The maximum absolute atomic E-state index is 13.6. The molecule has 3 N–H and O–H groups in total. The van der Waals surface area contributed by atoms with Gasteiger partial charge in [0.15, 0.2) is 5.82 Å². The summed E-state index contributed by atoms with van der Waals surface area (Å²) in [6.45, 7) is 0. The minimum Gasteiger partial charge on any atom is -0.399 e. The van der Waals surface area contributed by atoms with Crippen molar-refractivity contribution in [1.29, 1.82) is 0 Å². The molecule has 1 heterocycles. The number of pyridine rings is 1. The zero-order valence-corrected chi connectivity index (χ0v) is 11.5. The second-order valence-corrected chi connectivity index (χ2v) is 5.23. The Morgan fingerprint density at radius 1 is 1.38 bits per heavy atom. The van der Waals surface area contributed by atoms with Gasteiger partial charge in [0.05, 0.1) is 17.8 Å². The molecule has 3 rings (SSSR count). The first-order valence-electron chi connectivity index (χ1n) is 6.94. The lowest BCUT2D eigenvalue weighted by Crippen LogP contribution is -2.31. The van der Waals surface area contributed by atoms with E-state index in [-0.39, 0.29) is 11.6 Å². The molecule has 21 heavy (non-hydrogen) atoms. The summed E-state index contributed by atoms with van der Waals surface area (Å²) in [7, 11) is 0. The molecule has 1 aromatic heterocycles. The number of rotatable bonds is 2. The fraction of sp³-hybridized carbons (Fsp3) is 0.250. The molecular formula is C16H16FN3O. The molecule has 1 aliphatic carbocycles. The molecule has 0 spiro atoms. The predicted octanol–water partition coefficient (Wildman–Crippen LogP) is 2.61. The fourth-order valence-electron chi connectivity index (χ4n) is 2.78. The molecule has 0 fully saturated rings. The molecule has 5 heteroatoms. The highest BCUT2D eigenvalue weighted by atomic mass is 19.1. The van der Waals surface area contributed by atoms with Crippen LogP contribution in [0, 0.1) is 5.82 Å². The molecule has 108 valence electrons. The van der Waals surface area contributed by atoms with Crippen LogP contribution < -0.4 is 11.1 Å². The number of aryl methyl sites for hydroxylation is 1. The van der Waals surface area contributed by atoms with Crippen molar-refractivity contribution in [2.45, 2.75) is 25.3 Å². The van der Waals surface area contributed by atoms with Crippen LogP contribution >= 0.6 is 0 Å². The van der Waals surface area contributed by atoms with Gasteiger partial charge in [-0.25, -0.2) is 4.39 Å². The van der Waals surface area contributed by atoms with E-state index in [1.54, 1.807) is 0 Å². The number of nitrogens with zero attached hydrogens (tertiary/aromatic N) is 1. The summed E-state index contributed by atoms with van der Waals surface area (Å²) >= 11 is 0. The van der Waals surface area contributed by atoms with E-state index in [4.69, 9.17) is 5.73 Å². The van der Waals surface area contributed by atoms with Gasteiger partial charge in [0.25, 0.3) is 5.91 Å². The lowest BCUT2D eigenvalue weighted by molar-refractivity contribution is 0.0928. The van der Waals surface area contributed by atoms with Crippen molar-refractivity contribution in [1.82, 2.24) is 10.3 Å². The van der Waals surface area contributed by atoms with Crippen LogP contribution in [0.2, 0.25) is 0 Å². The summed E-state index contributed by atoms with van der Waals surface area (Å²) in [5.74, 6) is -1.02. The molecule has 0 aliphatic heterocycles. The van der Waals surface area contributed by atoms with Crippen molar-refractivity contribution < 1.29 is 9.18 Å². The second-order valence-electron chi connectivity index (χ2n) is 5.23. The molecule has 4 nitrogen and oxygen atoms in total. The van der Waals surface area contributed by atoms with Crippen molar-refractivity contribution in [3.63, 3.8) is 0 Å². The molecule has 1 atom stereocenters. The van der Waals surface area contributed by atoms with Crippen molar-refractivity contribution in [3.8, 4) is 0 Å². The number of nitrogens with one attached hydrogen (secondary N) is 1. The van der Waals surface area contributed by atoms with Gasteiger partial charge in [0.2, 0.25) is 0 Å². The van der Waals surface area contributed by atoms with E-state index in [1.165, 1.54) is 12.3 Å². The first-order valence-corrected chi connectivity index (χ1v) is 6.94. The number of carbonyl (C=O) groups excluding carboxylic acids is 1. The zero-order valence-electron chi connectivity index (χ0n) is 11.5. The lowest BCUT2D eigenvalue weighted by Gasteiger charge is -2.26. The van der Waals surface area contributed by atoms with Gasteiger partial charge in [0, 0.05) is 11.9 Å². The lowest BCUT2D eigenvalue weighted by atomic mass is 9.87. The SMILES string of the molecule is Nc1ccc2c(c1)CCCC2NC(=O)c1ccncc1F. The zero-order chi connectivity index (χ0) is 14.8. The highest BCUT2D eigenvalue weighted by Crippen LogP contribution is 2.31. The van der Waals surface area contributed by atoms with E-state index in [9.17, 15) is 9.18 Å². The number of hydrogen-bond acceptors (Lipinski definition) is 3. The molecule has 1 unspecified atom stereocenters. The van der Waals surface area contributed by atoms with Crippen LogP contribution in [0.4, 0.5) is 10.1 Å². The maximum Gasteiger partial charge on any atom is 0.254 e. The van der Waals surface area contributed by atoms with Gasteiger partial charge in [-0.15, -0.1) is 0 Å². The Kier molecular flexibility index (Phi) is 3.56. The summed E-state index contributed by atoms with van der Waals surface area (Å²) in [6, 6.07) is 7.00. The molecule has 1 amide bonds. The number of halogens is 1. The van der Waals surface area contributed by atoms with E-state index < -0.39 is 11.7 Å². The Hall–Kier alpha value is -2.43. The van der Waals surface area contributed by atoms with Gasteiger partial charge >= 0.3 is 0 Å². The second kappa shape index (κ2) is 5.52. The Labute approximate surface area is 122 Å². The Bertz CT molecular complexity index is 687. The van der Waals surface area contributed by atoms with Gasteiger partial charge in [0.1, 0.15) is 0 Å². The number of nitrogen functional groups attached to an aromatic ring is 1. The van der Waals surface area contributed by atoms with Crippen molar-refractivity contribution in [2.75, 3.05) is 5.73 Å². The topological polar surface area (TPSA) is 68.0 Å². The highest BCUT2D eigenvalue weighted by molar-refractivity contribution is 5.94. The first-order chi connectivity index (χ1) is 10.1. The van der Waals surface area contributed by atoms with Crippen LogP contribution in [0.25, 0.3) is 0 Å². The average Bonchev–Trinajstić information content (AvgIpc) is 2.47. The van der Waals surface area contributed by atoms with Gasteiger partial charge in [-0.05, 0) is 48.6 Å². The smallest absolute Gasteiger partial charge is 0.254 e. The van der Waals surface area contributed by atoms with E-state index >= 15 is 0 Å². The Morgan fingerprint density at radius 2 is 2.24 bits per heavy atom. The van der Waals surface area contributed by atoms with E-state index in [1.807, 2.05) is 18.2 Å². The third-order valence-electron chi connectivity index (χ3n) is 3.80. The number of anilines is 1. The van der Waals surface area contributed by atoms with E-state index in [2.05, 4.69) is 10.3 Å². The number of hydrogen-bond donors (Lipinski definition) is 2. The molecule has 0 bridgehead atoms. The number of fused-ring (bicyclic) bond motifs is 1. The van der Waals surface area contributed by atoms with Crippen LogP contribution in [0.5, 0.6) is 0 Å². The average molecular weight is 285 g/mol. The first kappa shape index (κ1) is 13.5. The summed E-state index contributed by atoms with van der Waals surface area (Å²) in [5, 5.41) is 2.90. The number of carbonyl (C=O) groups is 1. The minimum atomic E-state index is -0.608. The van der Waals surface area contributed by atoms with Crippen LogP contribution in [0.1, 0.15) is 40.4 Å². The molecule has 1 aromatic carbocycles. The molecule has 1 aliphatic rings. The van der Waals surface area contributed by atoms with Crippen LogP contribution in [-0.2, 0) is 6.42 Å². The molecular weight excluding hydrogens is 269 g/mol. The number of benzene rings is 1. The van der Waals surface area contributed by atoms with Crippen LogP contribution in [-0.4, -0.2) is 10.9 Å². The van der Waals surface area contributed by atoms with Crippen molar-refractivity contribution in [3.05, 3.63) is 59.2 Å². The van der Waals surface area contributed by atoms with E-state index in [0.29, 0.717) is 0 Å². The monoisotopic (exact) mass is 285 g/mol. The third kappa shape index (κ3) is 2.72. The third-order valence-corrected chi connectivity index (χ3v) is 3.80. The number of nitrogens with two attached hydrogens (primary N) is 1. The standard InChI is InChI=1S/C16H16FN3O/c17-14-9-19-7-6-13(14)16(21)20-15-3-1-2-10-8-11(18)4-5-12(10)15/h4-9,15H,1-3,18H2,(H,20,21). The highest BCUT2D eigenvalue weighted by Gasteiger charge is 2.23. The minimum absolute atomic E-state index is 0.0209. The van der Waals surface area contributed by atoms with Gasteiger partial charge in [-0.2, -0.15) is 0 Å². The summed E-state index contributed by atoms with van der Waals surface area (Å²) in [5.41, 5.74) is 8.76. The van der Waals surface area contributed by atoms with Crippen LogP contribution in [0.15, 0.2) is 36.7 Å². The Balaban J connectivity index is 1.84. The summed E-state index contributed by atoms with van der Waals surface area (Å²) in [4.78, 5) is 15.9. The molecule has 0 radical (unpaired) electrons. The predicted molar refractivity (Wildman–Crippen MR) is 78.2 cm³/mol. The quantitative estimate of drug-likeness (QED) is 0.833. The molecule has 0 saturated heterocycles. The largest absolute Gasteiger partial charge is 0.399 e. The van der Waals surface area contributed by atoms with Gasteiger partial charge < -0.3 is 11.1 Å². The maximum atomic E-state index is 13.6. The van der Waals surface area contributed by atoms with Gasteiger partial charge in [-0.1, -0.05) is 6.07 Å². The van der Waals surface area contributed by atoms with Gasteiger partial charge in [-0.3, -0.25) is 9.78 Å². The fourth-order valence-corrected chi connectivity index (χ4v) is 2.78. The number of amides is 1. The summed E-state index contributed by atoms with van der Waals surface area (Å²) < 4.78 is 13.6. The molecule has 2 aromatic rings. The Morgan fingerprint density at radius 3 is 3.05 bits per heavy atom. The van der Waals surface area contributed by atoms with Crippen LogP contribution in [0.3, 0.4) is 0 Å². The molecule has 0 saturated carbocycles. The number of aromatic nitrogens is 1. The normalized spacial score (nSPS) is 17.1. The van der Waals surface area contributed by atoms with Crippen molar-refractivity contribution in [2.24, 2.45) is 0 Å². The summed E-state index contributed by atoms with van der Waals surface area (Å²) in [6.07, 6.45) is 5.23. The van der Waals surface area contributed by atoms with Crippen molar-refractivity contribution >= 4 is 11.6 Å².